The summed E-state index contributed by atoms with van der Waals surface area (Å²) >= 11 is 0. The Hall–Kier alpha value is -2.11. The number of hydrogen-bond acceptors (Lipinski definition) is 4. The molecule has 2 rings (SSSR count). The molecule has 0 amide bonds. The van der Waals surface area contributed by atoms with Crippen LogP contribution in [0, 0.1) is 6.92 Å². The number of aromatic nitrogens is 3. The summed E-state index contributed by atoms with van der Waals surface area (Å²) in [5.41, 5.74) is 1.29. The number of hydrogen-bond donors (Lipinski definition) is 1. The van der Waals surface area contributed by atoms with Crippen molar-refractivity contribution in [2.45, 2.75) is 6.92 Å². The van der Waals surface area contributed by atoms with E-state index in [1.165, 1.54) is 17.1 Å². The van der Waals surface area contributed by atoms with Crippen molar-refractivity contribution in [1.29, 1.82) is 0 Å². The van der Waals surface area contributed by atoms with Gasteiger partial charge in [-0.15, -0.1) is 0 Å². The van der Waals surface area contributed by atoms with Crippen molar-refractivity contribution in [2.24, 2.45) is 7.05 Å². The number of carboxylic acid groups (broad SMARTS) is 1. The predicted molar refractivity (Wildman–Crippen MR) is 50.4 cm³/mol. The predicted octanol–water partition coefficient (Wildman–Crippen LogP) is 1.08. The Morgan fingerprint density at radius 3 is 2.80 bits per heavy atom. The molecule has 1 N–H and O–H groups in total. The molecule has 0 saturated heterocycles. The highest BCUT2D eigenvalue weighted by molar-refractivity contribution is 5.94. The van der Waals surface area contributed by atoms with Gasteiger partial charge in [0.2, 0.25) is 0 Å². The Kier molecular flexibility index (Phi) is 2.03. The van der Waals surface area contributed by atoms with E-state index in [9.17, 15) is 4.79 Å². The molecule has 0 radical (unpaired) electrons. The lowest BCUT2D eigenvalue weighted by atomic mass is 10.1. The fourth-order valence-corrected chi connectivity index (χ4v) is 1.44. The molecule has 78 valence electrons. The van der Waals surface area contributed by atoms with E-state index in [0.717, 1.165) is 0 Å². The quantitative estimate of drug-likeness (QED) is 0.796. The van der Waals surface area contributed by atoms with Crippen molar-refractivity contribution >= 4 is 5.97 Å². The molecular formula is C9H9N3O3. The molecule has 6 nitrogen and oxygen atoms in total. The van der Waals surface area contributed by atoms with Gasteiger partial charge in [-0.3, -0.25) is 4.68 Å². The van der Waals surface area contributed by atoms with Crippen LogP contribution < -0.4 is 0 Å². The molecule has 0 aliphatic rings. The fraction of sp³-hybridized carbons (Fsp3) is 0.222. The van der Waals surface area contributed by atoms with Crippen LogP contribution in [0.15, 0.2) is 16.9 Å². The van der Waals surface area contributed by atoms with Gasteiger partial charge in [-0.1, -0.05) is 5.16 Å². The molecule has 0 aromatic carbocycles. The minimum Gasteiger partial charge on any atom is -0.478 e. The van der Waals surface area contributed by atoms with Gasteiger partial charge in [0, 0.05) is 7.05 Å². The van der Waals surface area contributed by atoms with Crippen LogP contribution >= 0.6 is 0 Å². The van der Waals surface area contributed by atoms with Crippen molar-refractivity contribution < 1.29 is 14.4 Å². The van der Waals surface area contributed by atoms with Crippen LogP contribution in [0.25, 0.3) is 11.3 Å². The van der Waals surface area contributed by atoms with Gasteiger partial charge in [-0.2, -0.15) is 5.10 Å². The summed E-state index contributed by atoms with van der Waals surface area (Å²) in [5, 5.41) is 16.5. The van der Waals surface area contributed by atoms with Gasteiger partial charge in [0.05, 0.1) is 23.7 Å². The SMILES string of the molecule is Cc1oncc1-c1c(C(=O)O)cnn1C. The summed E-state index contributed by atoms with van der Waals surface area (Å²) in [5.74, 6) is -0.445. The summed E-state index contributed by atoms with van der Waals surface area (Å²) < 4.78 is 6.38. The first-order valence-corrected chi connectivity index (χ1v) is 4.28. The zero-order chi connectivity index (χ0) is 11.0. The second-order valence-corrected chi connectivity index (χ2v) is 3.13. The van der Waals surface area contributed by atoms with Crippen LogP contribution in [0.1, 0.15) is 16.1 Å². The third kappa shape index (κ3) is 1.39. The lowest BCUT2D eigenvalue weighted by Gasteiger charge is -2.00. The van der Waals surface area contributed by atoms with Gasteiger partial charge in [0.1, 0.15) is 11.3 Å². The second kappa shape index (κ2) is 3.23. The highest BCUT2D eigenvalue weighted by Crippen LogP contribution is 2.25. The van der Waals surface area contributed by atoms with Gasteiger partial charge in [0.15, 0.2) is 0 Å². The topological polar surface area (TPSA) is 81.2 Å². The molecule has 0 aliphatic heterocycles. The number of carboxylic acids is 1. The first kappa shape index (κ1) is 9.45. The standard InChI is InChI=1S/C9H9N3O3/c1-5-6(4-11-15-5)8-7(9(13)14)3-10-12(8)2/h3-4H,1-2H3,(H,13,14). The fourth-order valence-electron chi connectivity index (χ4n) is 1.44. The van der Waals surface area contributed by atoms with Crippen LogP contribution in [-0.2, 0) is 7.05 Å². The minimum absolute atomic E-state index is 0.142. The third-order valence-corrected chi connectivity index (χ3v) is 2.18. The summed E-state index contributed by atoms with van der Waals surface area (Å²) in [4.78, 5) is 10.9. The molecule has 0 unspecified atom stereocenters. The molecular weight excluding hydrogens is 198 g/mol. The molecule has 0 bridgehead atoms. The van der Waals surface area contributed by atoms with Gasteiger partial charge in [-0.25, -0.2) is 4.79 Å². The number of carbonyl (C=O) groups is 1. The molecule has 0 saturated carbocycles. The Morgan fingerprint density at radius 1 is 1.53 bits per heavy atom. The van der Waals surface area contributed by atoms with Crippen molar-refractivity contribution in [2.75, 3.05) is 0 Å². The molecule has 2 heterocycles. The zero-order valence-electron chi connectivity index (χ0n) is 8.26. The van der Waals surface area contributed by atoms with Crippen molar-refractivity contribution in [3.05, 3.63) is 23.7 Å². The van der Waals surface area contributed by atoms with E-state index >= 15 is 0 Å². The van der Waals surface area contributed by atoms with Crippen LogP contribution in [0.4, 0.5) is 0 Å². The number of rotatable bonds is 2. The Balaban J connectivity index is 2.66. The smallest absolute Gasteiger partial charge is 0.339 e. The Bertz CT molecular complexity index is 512. The van der Waals surface area contributed by atoms with E-state index in [4.69, 9.17) is 9.63 Å². The molecule has 0 spiro atoms. The van der Waals surface area contributed by atoms with Crippen LogP contribution in [0.5, 0.6) is 0 Å². The first-order valence-electron chi connectivity index (χ1n) is 4.28. The van der Waals surface area contributed by atoms with Crippen LogP contribution in [-0.4, -0.2) is 26.0 Å². The van der Waals surface area contributed by atoms with E-state index in [1.807, 2.05) is 0 Å². The number of aryl methyl sites for hydroxylation is 2. The molecule has 0 aliphatic carbocycles. The molecule has 0 atom stereocenters. The molecule has 2 aromatic heterocycles. The maximum absolute atomic E-state index is 10.9. The summed E-state index contributed by atoms with van der Waals surface area (Å²) in [6.07, 6.45) is 2.79. The zero-order valence-corrected chi connectivity index (χ0v) is 8.26. The highest BCUT2D eigenvalue weighted by atomic mass is 16.5. The first-order chi connectivity index (χ1) is 7.11. The molecule has 2 aromatic rings. The molecule has 6 heteroatoms. The summed E-state index contributed by atoms with van der Waals surface area (Å²) in [6, 6.07) is 0. The average Bonchev–Trinajstić information content (AvgIpc) is 2.71. The van der Waals surface area contributed by atoms with Gasteiger partial charge < -0.3 is 9.63 Å². The number of aromatic carboxylic acids is 1. The van der Waals surface area contributed by atoms with Crippen molar-refractivity contribution in [1.82, 2.24) is 14.9 Å². The third-order valence-electron chi connectivity index (χ3n) is 2.18. The highest BCUT2D eigenvalue weighted by Gasteiger charge is 2.19. The van der Waals surface area contributed by atoms with Gasteiger partial charge >= 0.3 is 5.97 Å². The van der Waals surface area contributed by atoms with E-state index in [-0.39, 0.29) is 5.56 Å². The van der Waals surface area contributed by atoms with Gasteiger partial charge in [-0.05, 0) is 6.92 Å². The van der Waals surface area contributed by atoms with E-state index in [2.05, 4.69) is 10.3 Å². The summed E-state index contributed by atoms with van der Waals surface area (Å²) in [7, 11) is 1.67. The Labute approximate surface area is 85.1 Å². The second-order valence-electron chi connectivity index (χ2n) is 3.13. The summed E-state index contributed by atoms with van der Waals surface area (Å²) in [6.45, 7) is 1.72. The van der Waals surface area contributed by atoms with Crippen LogP contribution in [0.3, 0.4) is 0 Å². The number of nitrogens with zero attached hydrogens (tertiary/aromatic N) is 3. The maximum Gasteiger partial charge on any atom is 0.339 e. The maximum atomic E-state index is 10.9. The average molecular weight is 207 g/mol. The largest absolute Gasteiger partial charge is 0.478 e. The molecule has 0 fully saturated rings. The van der Waals surface area contributed by atoms with Crippen molar-refractivity contribution in [3.8, 4) is 11.3 Å². The van der Waals surface area contributed by atoms with Gasteiger partial charge in [0.25, 0.3) is 0 Å². The molecule has 15 heavy (non-hydrogen) atoms. The normalized spacial score (nSPS) is 10.5. The lowest BCUT2D eigenvalue weighted by Crippen LogP contribution is -2.00. The van der Waals surface area contributed by atoms with E-state index in [1.54, 1.807) is 14.0 Å². The van der Waals surface area contributed by atoms with E-state index in [0.29, 0.717) is 17.0 Å². The van der Waals surface area contributed by atoms with Crippen molar-refractivity contribution in [3.63, 3.8) is 0 Å². The lowest BCUT2D eigenvalue weighted by molar-refractivity contribution is 0.0697. The Morgan fingerprint density at radius 2 is 2.27 bits per heavy atom. The van der Waals surface area contributed by atoms with E-state index < -0.39 is 5.97 Å². The van der Waals surface area contributed by atoms with Crippen LogP contribution in [0.2, 0.25) is 0 Å². The monoisotopic (exact) mass is 207 g/mol. The minimum atomic E-state index is -1.02.